The summed E-state index contributed by atoms with van der Waals surface area (Å²) in [6.45, 7) is 4.89. The summed E-state index contributed by atoms with van der Waals surface area (Å²) in [4.78, 5) is 26.3. The molecule has 1 aromatic heterocycles. The van der Waals surface area contributed by atoms with Gasteiger partial charge in [-0.1, -0.05) is 13.3 Å². The number of carbonyl (C=O) groups is 2. The van der Waals surface area contributed by atoms with Gasteiger partial charge in [-0.15, -0.1) is 0 Å². The van der Waals surface area contributed by atoms with Gasteiger partial charge in [-0.2, -0.15) is 5.10 Å². The zero-order chi connectivity index (χ0) is 14.0. The second-order valence-corrected chi connectivity index (χ2v) is 5.14. The first-order valence-electron chi connectivity index (χ1n) is 6.58. The van der Waals surface area contributed by atoms with Gasteiger partial charge in [-0.3, -0.25) is 14.3 Å². The Kier molecular flexibility index (Phi) is 3.59. The standard InChI is InChI=1S/C13H20N4O2/c1-4-5-13(2)12(19)14-6-7-17(13)11(18)10-8-15-16(3)9-10/h8-9H,4-7H2,1-3H3,(H,14,19)/t13-/m0/s1. The Morgan fingerprint density at radius 1 is 1.58 bits per heavy atom. The summed E-state index contributed by atoms with van der Waals surface area (Å²) in [6.07, 6.45) is 4.73. The van der Waals surface area contributed by atoms with E-state index in [2.05, 4.69) is 10.4 Å². The van der Waals surface area contributed by atoms with Gasteiger partial charge in [-0.05, 0) is 13.3 Å². The molecule has 1 atom stereocenters. The van der Waals surface area contributed by atoms with Crippen molar-refractivity contribution in [2.75, 3.05) is 13.1 Å². The van der Waals surface area contributed by atoms with Crippen LogP contribution in [0.25, 0.3) is 0 Å². The maximum Gasteiger partial charge on any atom is 0.257 e. The molecule has 0 radical (unpaired) electrons. The number of nitrogens with one attached hydrogen (secondary N) is 1. The monoisotopic (exact) mass is 264 g/mol. The quantitative estimate of drug-likeness (QED) is 0.867. The summed E-state index contributed by atoms with van der Waals surface area (Å²) in [5, 5.41) is 6.86. The molecule has 0 saturated carbocycles. The normalized spacial score (nSPS) is 23.3. The van der Waals surface area contributed by atoms with Crippen LogP contribution in [0.1, 0.15) is 37.0 Å². The number of amides is 2. The van der Waals surface area contributed by atoms with Crippen LogP contribution in [0, 0.1) is 0 Å². The van der Waals surface area contributed by atoms with E-state index in [0.717, 1.165) is 6.42 Å². The number of aryl methyl sites for hydroxylation is 1. The van der Waals surface area contributed by atoms with Gasteiger partial charge >= 0.3 is 0 Å². The molecule has 1 fully saturated rings. The summed E-state index contributed by atoms with van der Waals surface area (Å²) in [7, 11) is 1.77. The van der Waals surface area contributed by atoms with Crippen LogP contribution < -0.4 is 5.32 Å². The molecule has 104 valence electrons. The fraction of sp³-hybridized carbons (Fsp3) is 0.615. The van der Waals surface area contributed by atoms with Crippen molar-refractivity contribution < 1.29 is 9.59 Å². The Labute approximate surface area is 112 Å². The molecule has 2 amide bonds. The van der Waals surface area contributed by atoms with Crippen LogP contribution >= 0.6 is 0 Å². The van der Waals surface area contributed by atoms with Crippen LogP contribution in [0.15, 0.2) is 12.4 Å². The first-order valence-corrected chi connectivity index (χ1v) is 6.58. The number of carbonyl (C=O) groups excluding carboxylic acids is 2. The molecule has 2 rings (SSSR count). The summed E-state index contributed by atoms with van der Waals surface area (Å²) >= 11 is 0. The van der Waals surface area contributed by atoms with Crippen molar-refractivity contribution in [3.63, 3.8) is 0 Å². The van der Waals surface area contributed by atoms with Crippen LogP contribution in [-0.4, -0.2) is 45.1 Å². The molecule has 1 aliphatic heterocycles. The minimum atomic E-state index is -0.764. The van der Waals surface area contributed by atoms with Gasteiger partial charge in [0.05, 0.1) is 11.8 Å². The first-order chi connectivity index (χ1) is 8.99. The van der Waals surface area contributed by atoms with Crippen molar-refractivity contribution in [2.45, 2.75) is 32.2 Å². The van der Waals surface area contributed by atoms with Crippen LogP contribution in [0.5, 0.6) is 0 Å². The largest absolute Gasteiger partial charge is 0.352 e. The molecule has 19 heavy (non-hydrogen) atoms. The fourth-order valence-electron chi connectivity index (χ4n) is 2.59. The summed E-state index contributed by atoms with van der Waals surface area (Å²) in [5.41, 5.74) is -0.237. The van der Waals surface area contributed by atoms with Crippen LogP contribution in [0.3, 0.4) is 0 Å². The molecule has 6 heteroatoms. The Hall–Kier alpha value is -1.85. The predicted octanol–water partition coefficient (Wildman–Crippen LogP) is 0.551. The van der Waals surface area contributed by atoms with Crippen molar-refractivity contribution in [2.24, 2.45) is 7.05 Å². The third kappa shape index (κ3) is 2.34. The molecule has 0 bridgehead atoms. The molecule has 0 spiro atoms. The highest BCUT2D eigenvalue weighted by Crippen LogP contribution is 2.26. The number of aromatic nitrogens is 2. The number of rotatable bonds is 3. The van der Waals surface area contributed by atoms with E-state index < -0.39 is 5.54 Å². The number of piperazine rings is 1. The third-order valence-electron chi connectivity index (χ3n) is 3.64. The maximum absolute atomic E-state index is 12.5. The van der Waals surface area contributed by atoms with Gasteiger partial charge < -0.3 is 10.2 Å². The second-order valence-electron chi connectivity index (χ2n) is 5.14. The average Bonchev–Trinajstić information content (AvgIpc) is 2.79. The third-order valence-corrected chi connectivity index (χ3v) is 3.64. The topological polar surface area (TPSA) is 67.2 Å². The average molecular weight is 264 g/mol. The summed E-state index contributed by atoms with van der Waals surface area (Å²) in [6, 6.07) is 0. The van der Waals surface area contributed by atoms with E-state index >= 15 is 0 Å². The van der Waals surface area contributed by atoms with Crippen molar-refractivity contribution in [1.29, 1.82) is 0 Å². The van der Waals surface area contributed by atoms with E-state index in [1.54, 1.807) is 29.0 Å². The number of nitrogens with zero attached hydrogens (tertiary/aromatic N) is 3. The van der Waals surface area contributed by atoms with E-state index in [-0.39, 0.29) is 11.8 Å². The van der Waals surface area contributed by atoms with Crippen LogP contribution in [0.2, 0.25) is 0 Å². The molecule has 0 aliphatic carbocycles. The highest BCUT2D eigenvalue weighted by atomic mass is 16.2. The van der Waals surface area contributed by atoms with Crippen molar-refractivity contribution in [1.82, 2.24) is 20.0 Å². The van der Waals surface area contributed by atoms with Gasteiger partial charge in [0, 0.05) is 26.3 Å². The molecule has 6 nitrogen and oxygen atoms in total. The molecular formula is C13H20N4O2. The molecule has 1 N–H and O–H groups in total. The molecule has 0 aromatic carbocycles. The molecule has 2 heterocycles. The number of hydrogen-bond acceptors (Lipinski definition) is 3. The lowest BCUT2D eigenvalue weighted by Crippen LogP contribution is -2.64. The van der Waals surface area contributed by atoms with Gasteiger partial charge in [0.15, 0.2) is 0 Å². The lowest BCUT2D eigenvalue weighted by Gasteiger charge is -2.43. The smallest absolute Gasteiger partial charge is 0.257 e. The molecule has 1 saturated heterocycles. The van der Waals surface area contributed by atoms with Gasteiger partial charge in [-0.25, -0.2) is 0 Å². The van der Waals surface area contributed by atoms with Gasteiger partial charge in [0.25, 0.3) is 5.91 Å². The summed E-state index contributed by atoms with van der Waals surface area (Å²) in [5.74, 6) is -0.197. The van der Waals surface area contributed by atoms with E-state index in [1.165, 1.54) is 0 Å². The van der Waals surface area contributed by atoms with Crippen LogP contribution in [0.4, 0.5) is 0 Å². The molecular weight excluding hydrogens is 244 g/mol. The summed E-state index contributed by atoms with van der Waals surface area (Å²) < 4.78 is 1.59. The van der Waals surface area contributed by atoms with Gasteiger partial charge in [0.1, 0.15) is 5.54 Å². The van der Waals surface area contributed by atoms with Gasteiger partial charge in [0.2, 0.25) is 5.91 Å². The van der Waals surface area contributed by atoms with E-state index in [0.29, 0.717) is 25.1 Å². The fourth-order valence-corrected chi connectivity index (χ4v) is 2.59. The molecule has 1 aliphatic rings. The zero-order valence-corrected chi connectivity index (χ0v) is 11.6. The van der Waals surface area contributed by atoms with Crippen molar-refractivity contribution in [3.8, 4) is 0 Å². The lowest BCUT2D eigenvalue weighted by molar-refractivity contribution is -0.134. The SMILES string of the molecule is CCC[C@@]1(C)C(=O)NCCN1C(=O)c1cnn(C)c1. The highest BCUT2D eigenvalue weighted by molar-refractivity contribution is 5.99. The second kappa shape index (κ2) is 5.03. The van der Waals surface area contributed by atoms with E-state index in [9.17, 15) is 9.59 Å². The minimum absolute atomic E-state index is 0.0714. The molecule has 1 aromatic rings. The lowest BCUT2D eigenvalue weighted by atomic mass is 9.90. The highest BCUT2D eigenvalue weighted by Gasteiger charge is 2.44. The minimum Gasteiger partial charge on any atom is -0.352 e. The van der Waals surface area contributed by atoms with Crippen molar-refractivity contribution >= 4 is 11.8 Å². The maximum atomic E-state index is 12.5. The van der Waals surface area contributed by atoms with Crippen LogP contribution in [-0.2, 0) is 11.8 Å². The predicted molar refractivity (Wildman–Crippen MR) is 70.6 cm³/mol. The first kappa shape index (κ1) is 13.6. The Bertz CT molecular complexity index is 497. The van der Waals surface area contributed by atoms with E-state index in [1.807, 2.05) is 13.8 Å². The Balaban J connectivity index is 2.30. The Morgan fingerprint density at radius 2 is 2.32 bits per heavy atom. The van der Waals surface area contributed by atoms with E-state index in [4.69, 9.17) is 0 Å². The molecule has 0 unspecified atom stereocenters. The zero-order valence-electron chi connectivity index (χ0n) is 11.6. The Morgan fingerprint density at radius 3 is 2.89 bits per heavy atom. The number of hydrogen-bond donors (Lipinski definition) is 1. The van der Waals surface area contributed by atoms with Crippen molar-refractivity contribution in [3.05, 3.63) is 18.0 Å².